The van der Waals surface area contributed by atoms with Gasteiger partial charge in [0.2, 0.25) is 11.8 Å². The molecule has 1 aromatic carbocycles. The summed E-state index contributed by atoms with van der Waals surface area (Å²) < 4.78 is 5.33. The number of hydrogen-bond donors (Lipinski definition) is 2. The molecule has 2 N–H and O–H groups in total. The predicted molar refractivity (Wildman–Crippen MR) is 142 cm³/mol. The number of benzene rings is 1. The van der Waals surface area contributed by atoms with E-state index in [1.54, 1.807) is 12.1 Å². The number of Topliss-reactive ketones (excluding diaryl/α,β-unsaturated/α-hetero) is 1. The lowest BCUT2D eigenvalue weighted by atomic mass is 9.59. The van der Waals surface area contributed by atoms with Gasteiger partial charge in [-0.1, -0.05) is 24.1 Å². The number of ketones is 2. The van der Waals surface area contributed by atoms with Crippen molar-refractivity contribution in [3.05, 3.63) is 57.1 Å². The summed E-state index contributed by atoms with van der Waals surface area (Å²) in [5, 5.41) is 19.4. The van der Waals surface area contributed by atoms with Crippen molar-refractivity contribution in [1.82, 2.24) is 4.90 Å². The molecule has 0 aromatic heterocycles. The van der Waals surface area contributed by atoms with Crippen molar-refractivity contribution >= 4 is 45.3 Å². The molecule has 1 aliphatic heterocycles. The number of amides is 2. The largest absolute Gasteiger partial charge is 0.504 e. The summed E-state index contributed by atoms with van der Waals surface area (Å²) in [6, 6.07) is 4.84. The monoisotopic (exact) mass is 597 g/mol. The number of carbonyl (C=O) groups is 5. The van der Waals surface area contributed by atoms with Gasteiger partial charge in [0, 0.05) is 36.1 Å². The molecule has 3 aliphatic carbocycles. The molecule has 4 atom stereocenters. The Hall–Kier alpha value is -3.53. The standard InChI is InChI=1S/C29H28BrNO8/c1-39-22-9-6-14(11-20(22)32)24-15-7-8-16-25(17(15)12-18-26(24)21(33)13-19(30)27(18)36)29(38)31(28(16)37)10-4-2-3-5-23(34)35/h6-7,9,11,13,16-17,24-25,32H,2-5,8,10,12H2,1H3,(H,34,35)/t16-,17+,24-,25-/m0/s1. The van der Waals surface area contributed by atoms with E-state index in [-0.39, 0.29) is 58.7 Å². The molecule has 9 nitrogen and oxygen atoms in total. The van der Waals surface area contributed by atoms with Crippen LogP contribution in [0.1, 0.15) is 50.0 Å². The number of imide groups is 1. The number of allylic oxidation sites excluding steroid dienone is 6. The third kappa shape index (κ3) is 4.64. The normalized spacial score (nSPS) is 26.2. The Morgan fingerprint density at radius 2 is 1.87 bits per heavy atom. The van der Waals surface area contributed by atoms with Crippen LogP contribution < -0.4 is 4.74 Å². The molecule has 1 saturated heterocycles. The summed E-state index contributed by atoms with van der Waals surface area (Å²) in [5.74, 6) is -4.21. The fourth-order valence-corrected chi connectivity index (χ4v) is 6.93. The van der Waals surface area contributed by atoms with E-state index in [2.05, 4.69) is 15.9 Å². The van der Waals surface area contributed by atoms with Crippen LogP contribution in [0.3, 0.4) is 0 Å². The number of nitrogens with zero attached hydrogens (tertiary/aromatic N) is 1. The molecule has 2 amide bonds. The molecule has 10 heteroatoms. The van der Waals surface area contributed by atoms with Crippen molar-refractivity contribution in [1.29, 1.82) is 0 Å². The number of aliphatic carboxylic acids is 1. The number of hydrogen-bond acceptors (Lipinski definition) is 7. The van der Waals surface area contributed by atoms with E-state index in [1.165, 1.54) is 24.2 Å². The van der Waals surface area contributed by atoms with E-state index in [4.69, 9.17) is 9.84 Å². The number of phenols is 1. The van der Waals surface area contributed by atoms with E-state index < -0.39 is 29.6 Å². The van der Waals surface area contributed by atoms with E-state index in [1.807, 2.05) is 6.08 Å². The van der Waals surface area contributed by atoms with Crippen LogP contribution >= 0.6 is 15.9 Å². The van der Waals surface area contributed by atoms with E-state index in [0.717, 1.165) is 5.57 Å². The summed E-state index contributed by atoms with van der Waals surface area (Å²) in [6.45, 7) is 0.224. The average molecular weight is 598 g/mol. The number of ether oxygens (including phenoxy) is 1. The van der Waals surface area contributed by atoms with Gasteiger partial charge in [-0.2, -0.15) is 0 Å². The molecule has 204 valence electrons. The molecule has 0 bridgehead atoms. The van der Waals surface area contributed by atoms with E-state index >= 15 is 0 Å². The maximum atomic E-state index is 13.7. The number of methoxy groups -OCH3 is 1. The summed E-state index contributed by atoms with van der Waals surface area (Å²) in [5.41, 5.74) is 2.05. The van der Waals surface area contributed by atoms with Crippen molar-refractivity contribution < 1.29 is 38.9 Å². The molecule has 39 heavy (non-hydrogen) atoms. The summed E-state index contributed by atoms with van der Waals surface area (Å²) >= 11 is 3.21. The van der Waals surface area contributed by atoms with Crippen LogP contribution in [0.5, 0.6) is 11.5 Å². The lowest BCUT2D eigenvalue weighted by Crippen LogP contribution is -2.39. The van der Waals surface area contributed by atoms with Crippen molar-refractivity contribution in [2.45, 2.75) is 44.4 Å². The van der Waals surface area contributed by atoms with Crippen molar-refractivity contribution in [3.63, 3.8) is 0 Å². The highest BCUT2D eigenvalue weighted by molar-refractivity contribution is 9.12. The van der Waals surface area contributed by atoms with Gasteiger partial charge in [-0.3, -0.25) is 28.9 Å². The van der Waals surface area contributed by atoms with Crippen LogP contribution in [0.15, 0.2) is 51.6 Å². The minimum atomic E-state index is -0.879. The zero-order valence-electron chi connectivity index (χ0n) is 21.3. The molecule has 1 fully saturated rings. The van der Waals surface area contributed by atoms with Crippen LogP contribution in [0.4, 0.5) is 0 Å². The van der Waals surface area contributed by atoms with E-state index in [9.17, 15) is 29.1 Å². The number of fused-ring (bicyclic) bond motifs is 3. The van der Waals surface area contributed by atoms with Gasteiger partial charge < -0.3 is 14.9 Å². The highest BCUT2D eigenvalue weighted by Gasteiger charge is 2.56. The number of carboxylic acid groups (broad SMARTS) is 1. The Morgan fingerprint density at radius 3 is 2.56 bits per heavy atom. The Morgan fingerprint density at radius 1 is 1.10 bits per heavy atom. The second kappa shape index (κ2) is 10.6. The van der Waals surface area contributed by atoms with Gasteiger partial charge in [0.1, 0.15) is 0 Å². The first-order chi connectivity index (χ1) is 18.6. The fourth-order valence-electron chi connectivity index (χ4n) is 6.48. The van der Waals surface area contributed by atoms with Crippen LogP contribution in [0.2, 0.25) is 0 Å². The number of aromatic hydroxyl groups is 1. The number of rotatable bonds is 8. The van der Waals surface area contributed by atoms with Crippen molar-refractivity contribution in [2.24, 2.45) is 17.8 Å². The Bertz CT molecular complexity index is 1390. The number of carbonyl (C=O) groups excluding carboxylic acids is 4. The third-order valence-corrected chi connectivity index (χ3v) is 8.82. The maximum absolute atomic E-state index is 13.7. The average Bonchev–Trinajstić information content (AvgIpc) is 3.15. The number of carboxylic acids is 1. The molecule has 1 heterocycles. The highest BCUT2D eigenvalue weighted by Crippen LogP contribution is 2.55. The summed E-state index contributed by atoms with van der Waals surface area (Å²) in [6.07, 6.45) is 5.30. The Balaban J connectivity index is 1.50. The second-order valence-corrected chi connectivity index (χ2v) is 11.2. The van der Waals surface area contributed by atoms with Crippen LogP contribution in [-0.2, 0) is 24.0 Å². The van der Waals surface area contributed by atoms with E-state index in [0.29, 0.717) is 42.4 Å². The highest BCUT2D eigenvalue weighted by atomic mass is 79.9. The molecule has 0 unspecified atom stereocenters. The smallest absolute Gasteiger partial charge is 0.303 e. The zero-order chi connectivity index (χ0) is 28.0. The van der Waals surface area contributed by atoms with Gasteiger partial charge in [-0.15, -0.1) is 0 Å². The maximum Gasteiger partial charge on any atom is 0.303 e. The minimum Gasteiger partial charge on any atom is -0.504 e. The predicted octanol–water partition coefficient (Wildman–Crippen LogP) is 3.81. The first kappa shape index (κ1) is 27.1. The zero-order valence-corrected chi connectivity index (χ0v) is 22.9. The lowest BCUT2D eigenvalue weighted by molar-refractivity contribution is -0.141. The fraction of sp³-hybridized carbons (Fsp3) is 0.414. The van der Waals surface area contributed by atoms with Crippen molar-refractivity contribution in [2.75, 3.05) is 13.7 Å². The molecule has 5 rings (SSSR count). The number of phenolic OH excluding ortho intramolecular Hbond substituents is 1. The van der Waals surface area contributed by atoms with Gasteiger partial charge in [0.15, 0.2) is 23.1 Å². The van der Waals surface area contributed by atoms with Gasteiger partial charge in [-0.25, -0.2) is 0 Å². The number of halogens is 1. The second-order valence-electron chi connectivity index (χ2n) is 10.4. The third-order valence-electron chi connectivity index (χ3n) is 8.23. The topological polar surface area (TPSA) is 138 Å². The lowest BCUT2D eigenvalue weighted by Gasteiger charge is -2.42. The minimum absolute atomic E-state index is 0.0407. The SMILES string of the molecule is COc1ccc([C@H]2C3=CC[C@@H]4C(=O)N(CCCCCC(=O)O)C(=O)[C@@H]4[C@@H]3CC3=C2C(=O)C=C(Br)C3=O)cc1O. The molecule has 4 aliphatic rings. The van der Waals surface area contributed by atoms with Gasteiger partial charge in [0.25, 0.3) is 0 Å². The first-order valence-electron chi connectivity index (χ1n) is 13.0. The Kier molecular flexibility index (Phi) is 7.33. The number of likely N-dealkylation sites (tertiary alicyclic amines) is 1. The summed E-state index contributed by atoms with van der Waals surface area (Å²) in [4.78, 5) is 65.5. The summed E-state index contributed by atoms with van der Waals surface area (Å²) in [7, 11) is 1.43. The van der Waals surface area contributed by atoms with Gasteiger partial charge in [0.05, 0.1) is 23.4 Å². The Labute approximate surface area is 233 Å². The van der Waals surface area contributed by atoms with Crippen LogP contribution in [0, 0.1) is 17.8 Å². The first-order valence-corrected chi connectivity index (χ1v) is 13.8. The molecular weight excluding hydrogens is 570 g/mol. The van der Waals surface area contributed by atoms with Gasteiger partial charge in [-0.05, 0) is 65.2 Å². The van der Waals surface area contributed by atoms with Gasteiger partial charge >= 0.3 is 5.97 Å². The van der Waals surface area contributed by atoms with Crippen molar-refractivity contribution in [3.8, 4) is 11.5 Å². The molecule has 0 spiro atoms. The van der Waals surface area contributed by atoms with Crippen LogP contribution in [0.25, 0.3) is 0 Å². The molecule has 1 aromatic rings. The molecular formula is C29H28BrNO8. The van der Waals surface area contributed by atoms with Crippen LogP contribution in [-0.4, -0.2) is 58.1 Å². The number of unbranched alkanes of at least 4 members (excludes halogenated alkanes) is 2. The molecule has 0 saturated carbocycles. The molecule has 0 radical (unpaired) electrons. The quantitative estimate of drug-likeness (QED) is 0.200.